The number of aliphatic carboxylic acids is 1. The van der Waals surface area contributed by atoms with Crippen LogP contribution in [0.3, 0.4) is 0 Å². The molecular weight excluding hydrogens is 346 g/mol. The summed E-state index contributed by atoms with van der Waals surface area (Å²) in [7, 11) is 0. The van der Waals surface area contributed by atoms with Crippen LogP contribution in [0.1, 0.15) is 17.1 Å². The molecule has 8 nitrogen and oxygen atoms in total. The summed E-state index contributed by atoms with van der Waals surface area (Å²) in [5.41, 5.74) is 2.39. The molecule has 1 unspecified atom stereocenters. The Morgan fingerprint density at radius 2 is 2.28 bits per heavy atom. The van der Waals surface area contributed by atoms with E-state index < -0.39 is 12.0 Å². The van der Waals surface area contributed by atoms with Gasteiger partial charge in [-0.15, -0.1) is 0 Å². The third-order valence-electron chi connectivity index (χ3n) is 4.32. The van der Waals surface area contributed by atoms with Crippen molar-refractivity contribution in [3.63, 3.8) is 0 Å². The van der Waals surface area contributed by atoms with E-state index in [1.807, 2.05) is 0 Å². The molecule has 0 saturated carbocycles. The van der Waals surface area contributed by atoms with Gasteiger partial charge in [0.25, 0.3) is 5.56 Å². The number of H-pyrrole nitrogens is 1. The second-order valence-electron chi connectivity index (χ2n) is 5.95. The number of aromatic nitrogens is 4. The molecule has 1 aliphatic heterocycles. The van der Waals surface area contributed by atoms with Gasteiger partial charge in [0.2, 0.25) is 0 Å². The summed E-state index contributed by atoms with van der Waals surface area (Å²) in [5, 5.41) is 9.97. The average molecular weight is 360 g/mol. The highest BCUT2D eigenvalue weighted by atomic mass is 35.5. The maximum atomic E-state index is 12.3. The van der Waals surface area contributed by atoms with Crippen molar-refractivity contribution in [1.29, 1.82) is 0 Å². The number of halogens is 1. The van der Waals surface area contributed by atoms with Crippen LogP contribution in [0.2, 0.25) is 5.02 Å². The lowest BCUT2D eigenvalue weighted by molar-refractivity contribution is -0.144. The van der Waals surface area contributed by atoms with Gasteiger partial charge < -0.3 is 10.1 Å². The van der Waals surface area contributed by atoms with Crippen molar-refractivity contribution < 1.29 is 9.90 Å². The lowest BCUT2D eigenvalue weighted by Crippen LogP contribution is -2.45. The van der Waals surface area contributed by atoms with E-state index in [1.54, 1.807) is 23.4 Å². The zero-order chi connectivity index (χ0) is 17.6. The van der Waals surface area contributed by atoms with Gasteiger partial charge in [-0.3, -0.25) is 18.9 Å². The maximum Gasteiger partial charge on any atom is 0.321 e. The Balaban J connectivity index is 1.69. The number of carbonyl (C=O) groups is 1. The number of fused-ring (bicyclic) bond motifs is 2. The number of carboxylic acids is 1. The summed E-state index contributed by atoms with van der Waals surface area (Å²) in [4.78, 5) is 37.3. The fraction of sp³-hybridized carbons (Fsp3) is 0.250. The number of rotatable bonds is 3. The molecule has 0 fully saturated rings. The summed E-state index contributed by atoms with van der Waals surface area (Å²) < 4.78 is 1.36. The van der Waals surface area contributed by atoms with E-state index in [9.17, 15) is 14.7 Å². The molecule has 1 aliphatic rings. The Kier molecular flexibility index (Phi) is 3.78. The number of pyridine rings is 1. The van der Waals surface area contributed by atoms with E-state index in [-0.39, 0.29) is 12.1 Å². The zero-order valence-electron chi connectivity index (χ0n) is 13.0. The molecule has 0 saturated heterocycles. The molecule has 0 radical (unpaired) electrons. The Bertz CT molecular complexity index is 1030. The molecule has 4 rings (SSSR count). The standard InChI is InChI=1S/C16H14ClN5O3/c17-9-1-2-14-20-10(3-15(23)22(14)5-9)6-21-7-12-11(18-8-19-12)4-13(21)16(24)25/h1-3,5,8,13H,4,6-7H2,(H,18,19)(H,24,25). The summed E-state index contributed by atoms with van der Waals surface area (Å²) in [6.07, 6.45) is 3.39. The van der Waals surface area contributed by atoms with Crippen molar-refractivity contribution in [2.24, 2.45) is 0 Å². The van der Waals surface area contributed by atoms with Crippen molar-refractivity contribution in [2.45, 2.75) is 25.6 Å². The van der Waals surface area contributed by atoms with E-state index in [0.717, 1.165) is 11.4 Å². The monoisotopic (exact) mass is 359 g/mol. The SMILES string of the molecule is O=C(O)C1Cc2nc[nH]c2CN1Cc1cc(=O)n2cc(Cl)ccc2n1. The summed E-state index contributed by atoms with van der Waals surface area (Å²) in [6, 6.07) is 4.02. The predicted octanol–water partition coefficient (Wildman–Crippen LogP) is 1.08. The van der Waals surface area contributed by atoms with Gasteiger partial charge in [-0.05, 0) is 12.1 Å². The van der Waals surface area contributed by atoms with Crippen LogP contribution in [-0.2, 0) is 24.3 Å². The van der Waals surface area contributed by atoms with Crippen LogP contribution in [0.25, 0.3) is 5.65 Å². The molecule has 2 N–H and O–H groups in total. The molecule has 3 aromatic heterocycles. The van der Waals surface area contributed by atoms with Crippen molar-refractivity contribution in [3.05, 3.63) is 63.2 Å². The quantitative estimate of drug-likeness (QED) is 0.725. The largest absolute Gasteiger partial charge is 0.480 e. The normalized spacial score (nSPS) is 17.6. The highest BCUT2D eigenvalue weighted by Gasteiger charge is 2.33. The first-order chi connectivity index (χ1) is 12.0. The number of nitrogens with one attached hydrogen (secondary N) is 1. The van der Waals surface area contributed by atoms with E-state index in [4.69, 9.17) is 11.6 Å². The first kappa shape index (κ1) is 15.8. The summed E-state index contributed by atoms with van der Waals surface area (Å²) in [5.74, 6) is -0.919. The Labute approximate surface area is 146 Å². The minimum Gasteiger partial charge on any atom is -0.480 e. The van der Waals surface area contributed by atoms with Gasteiger partial charge >= 0.3 is 5.97 Å². The van der Waals surface area contributed by atoms with Crippen LogP contribution in [0, 0.1) is 0 Å². The second kappa shape index (κ2) is 5.98. The van der Waals surface area contributed by atoms with Crippen LogP contribution in [0.5, 0.6) is 0 Å². The van der Waals surface area contributed by atoms with Crippen LogP contribution in [0.15, 0.2) is 35.5 Å². The maximum absolute atomic E-state index is 12.3. The number of nitrogens with zero attached hydrogens (tertiary/aromatic N) is 4. The molecule has 3 aromatic rings. The third kappa shape index (κ3) is 2.90. The number of hydrogen-bond donors (Lipinski definition) is 2. The Morgan fingerprint density at radius 3 is 3.08 bits per heavy atom. The second-order valence-corrected chi connectivity index (χ2v) is 6.39. The van der Waals surface area contributed by atoms with Crippen LogP contribution in [-0.4, -0.2) is 41.4 Å². The molecule has 0 amide bonds. The molecule has 128 valence electrons. The predicted molar refractivity (Wildman–Crippen MR) is 89.4 cm³/mol. The zero-order valence-corrected chi connectivity index (χ0v) is 13.8. The van der Waals surface area contributed by atoms with Crippen molar-refractivity contribution in [3.8, 4) is 0 Å². The van der Waals surface area contributed by atoms with Crippen molar-refractivity contribution in [2.75, 3.05) is 0 Å². The minimum atomic E-state index is -0.919. The van der Waals surface area contributed by atoms with E-state index in [1.165, 1.54) is 16.7 Å². The third-order valence-corrected chi connectivity index (χ3v) is 4.55. The van der Waals surface area contributed by atoms with Crippen molar-refractivity contribution in [1.82, 2.24) is 24.3 Å². The number of carboxylic acid groups (broad SMARTS) is 1. The topological polar surface area (TPSA) is 104 Å². The molecule has 25 heavy (non-hydrogen) atoms. The lowest BCUT2D eigenvalue weighted by atomic mass is 10.0. The number of hydrogen-bond acceptors (Lipinski definition) is 5. The highest BCUT2D eigenvalue weighted by molar-refractivity contribution is 6.30. The number of imidazole rings is 1. The summed E-state index contributed by atoms with van der Waals surface area (Å²) >= 11 is 5.91. The van der Waals surface area contributed by atoms with Crippen LogP contribution >= 0.6 is 11.6 Å². The van der Waals surface area contributed by atoms with E-state index in [0.29, 0.717) is 29.3 Å². The van der Waals surface area contributed by atoms with Crippen LogP contribution < -0.4 is 5.56 Å². The molecule has 0 aliphatic carbocycles. The lowest BCUT2D eigenvalue weighted by Gasteiger charge is -2.31. The fourth-order valence-electron chi connectivity index (χ4n) is 3.11. The van der Waals surface area contributed by atoms with Gasteiger partial charge in [0.05, 0.1) is 28.4 Å². The molecule has 4 heterocycles. The van der Waals surface area contributed by atoms with Gasteiger partial charge in [-0.25, -0.2) is 9.97 Å². The van der Waals surface area contributed by atoms with E-state index >= 15 is 0 Å². The Hall–Kier alpha value is -2.71. The fourth-order valence-corrected chi connectivity index (χ4v) is 3.27. The highest BCUT2D eigenvalue weighted by Crippen LogP contribution is 2.22. The van der Waals surface area contributed by atoms with Crippen LogP contribution in [0.4, 0.5) is 0 Å². The first-order valence-corrected chi connectivity index (χ1v) is 8.05. The molecule has 0 aromatic carbocycles. The molecule has 1 atom stereocenters. The van der Waals surface area contributed by atoms with Gasteiger partial charge in [0.1, 0.15) is 11.7 Å². The van der Waals surface area contributed by atoms with Gasteiger partial charge in [0, 0.05) is 31.8 Å². The van der Waals surface area contributed by atoms with Crippen molar-refractivity contribution >= 4 is 23.2 Å². The molecule has 0 bridgehead atoms. The van der Waals surface area contributed by atoms with Gasteiger partial charge in [-0.2, -0.15) is 0 Å². The Morgan fingerprint density at radius 1 is 1.44 bits per heavy atom. The first-order valence-electron chi connectivity index (χ1n) is 7.67. The number of aromatic amines is 1. The average Bonchev–Trinajstić information content (AvgIpc) is 3.02. The smallest absolute Gasteiger partial charge is 0.321 e. The molecule has 0 spiro atoms. The minimum absolute atomic E-state index is 0.254. The molecule has 9 heteroatoms. The van der Waals surface area contributed by atoms with Gasteiger partial charge in [0.15, 0.2) is 0 Å². The molecular formula is C16H14ClN5O3. The summed E-state index contributed by atoms with van der Waals surface area (Å²) in [6.45, 7) is 0.664. The van der Waals surface area contributed by atoms with Gasteiger partial charge in [-0.1, -0.05) is 11.6 Å². The van der Waals surface area contributed by atoms with E-state index in [2.05, 4.69) is 15.0 Å².